The summed E-state index contributed by atoms with van der Waals surface area (Å²) < 4.78 is 11.1. The number of aromatic nitrogens is 1. The second-order valence-corrected chi connectivity index (χ2v) is 7.81. The molecular formula is C20H34IN5O3. The molecule has 0 spiro atoms. The number of hydrogen-bond donors (Lipinski definition) is 3. The summed E-state index contributed by atoms with van der Waals surface area (Å²) in [6.07, 6.45) is 6.43. The molecule has 0 aliphatic heterocycles. The predicted molar refractivity (Wildman–Crippen MR) is 125 cm³/mol. The molecule has 29 heavy (non-hydrogen) atoms. The lowest BCUT2D eigenvalue weighted by molar-refractivity contribution is 0.0529. The summed E-state index contributed by atoms with van der Waals surface area (Å²) in [7, 11) is 1.70. The van der Waals surface area contributed by atoms with E-state index in [1.54, 1.807) is 7.05 Å². The zero-order valence-corrected chi connectivity index (χ0v) is 20.1. The van der Waals surface area contributed by atoms with Crippen LogP contribution in [0.25, 0.3) is 0 Å². The molecule has 2 rings (SSSR count). The van der Waals surface area contributed by atoms with Crippen molar-refractivity contribution in [1.82, 2.24) is 20.9 Å². The largest absolute Gasteiger partial charge is 0.474 e. The minimum atomic E-state index is -0.499. The number of nitrogens with one attached hydrogen (secondary N) is 3. The molecule has 0 aromatic carbocycles. The van der Waals surface area contributed by atoms with Crippen LogP contribution < -0.4 is 20.7 Å². The summed E-state index contributed by atoms with van der Waals surface area (Å²) in [6.45, 7) is 7.06. The Hall–Kier alpha value is -1.78. The summed E-state index contributed by atoms with van der Waals surface area (Å²) in [6, 6.07) is 3.91. The molecule has 0 unspecified atom stereocenters. The van der Waals surface area contributed by atoms with Gasteiger partial charge in [-0.2, -0.15) is 0 Å². The number of guanidine groups is 1. The van der Waals surface area contributed by atoms with Gasteiger partial charge in [0.05, 0.1) is 0 Å². The van der Waals surface area contributed by atoms with Gasteiger partial charge in [-0.15, -0.1) is 24.0 Å². The monoisotopic (exact) mass is 519 g/mol. The highest BCUT2D eigenvalue weighted by molar-refractivity contribution is 14.0. The smallest absolute Gasteiger partial charge is 0.407 e. The van der Waals surface area contributed by atoms with Crippen molar-refractivity contribution >= 4 is 36.0 Å². The highest BCUT2D eigenvalue weighted by atomic mass is 127. The first-order valence-electron chi connectivity index (χ1n) is 9.88. The molecule has 0 atom stereocenters. The Labute approximate surface area is 190 Å². The number of ether oxygens (including phenoxy) is 2. The molecule has 1 aromatic heterocycles. The maximum atomic E-state index is 11.6. The number of amides is 1. The third kappa shape index (κ3) is 10.5. The average Bonchev–Trinajstić information content (AvgIpc) is 3.14. The lowest BCUT2D eigenvalue weighted by Gasteiger charge is -2.20. The quantitative estimate of drug-likeness (QED) is 0.222. The molecule has 0 bridgehead atoms. The lowest BCUT2D eigenvalue weighted by Crippen LogP contribution is -2.42. The summed E-state index contributed by atoms with van der Waals surface area (Å²) in [4.78, 5) is 20.2. The normalized spacial score (nSPS) is 14.7. The van der Waals surface area contributed by atoms with Crippen molar-refractivity contribution in [2.75, 3.05) is 20.1 Å². The number of rotatable bonds is 7. The van der Waals surface area contributed by atoms with E-state index in [9.17, 15) is 4.79 Å². The molecule has 1 aliphatic carbocycles. The Balaban J connectivity index is 0.00000420. The summed E-state index contributed by atoms with van der Waals surface area (Å²) in [5.74, 6) is 1.34. The molecule has 3 N–H and O–H groups in total. The highest BCUT2D eigenvalue weighted by Gasteiger charge is 2.17. The SMILES string of the molecule is CN=C(NCCNC(=O)OC(C)(C)C)NCc1ccc(OC2CCCC2)nc1.I. The van der Waals surface area contributed by atoms with Gasteiger partial charge in [0.25, 0.3) is 0 Å². The van der Waals surface area contributed by atoms with Crippen molar-refractivity contribution in [2.24, 2.45) is 4.99 Å². The third-order valence-corrected chi connectivity index (χ3v) is 4.16. The van der Waals surface area contributed by atoms with Gasteiger partial charge in [0, 0.05) is 38.9 Å². The first-order valence-corrected chi connectivity index (χ1v) is 9.88. The van der Waals surface area contributed by atoms with E-state index in [4.69, 9.17) is 9.47 Å². The van der Waals surface area contributed by atoms with E-state index in [0.717, 1.165) is 18.4 Å². The molecular weight excluding hydrogens is 485 g/mol. The Kier molecular flexibility index (Phi) is 11.1. The van der Waals surface area contributed by atoms with Crippen LogP contribution in [0.15, 0.2) is 23.3 Å². The molecule has 1 heterocycles. The van der Waals surface area contributed by atoms with Gasteiger partial charge in [-0.3, -0.25) is 4.99 Å². The summed E-state index contributed by atoms with van der Waals surface area (Å²) >= 11 is 0. The minimum Gasteiger partial charge on any atom is -0.474 e. The Bertz CT molecular complexity index is 641. The summed E-state index contributed by atoms with van der Waals surface area (Å²) in [5.41, 5.74) is 0.537. The van der Waals surface area contributed by atoms with Gasteiger partial charge < -0.3 is 25.4 Å². The van der Waals surface area contributed by atoms with E-state index in [1.165, 1.54) is 12.8 Å². The number of carbonyl (C=O) groups is 1. The Morgan fingerprint density at radius 3 is 2.45 bits per heavy atom. The van der Waals surface area contributed by atoms with Crippen LogP contribution in [0.2, 0.25) is 0 Å². The Morgan fingerprint density at radius 2 is 1.86 bits per heavy atom. The van der Waals surface area contributed by atoms with E-state index in [0.29, 0.717) is 37.6 Å². The van der Waals surface area contributed by atoms with Crippen LogP contribution in [-0.2, 0) is 11.3 Å². The van der Waals surface area contributed by atoms with Crippen LogP contribution in [0.1, 0.15) is 52.0 Å². The number of halogens is 1. The van der Waals surface area contributed by atoms with Crippen LogP contribution in [0.4, 0.5) is 4.79 Å². The van der Waals surface area contributed by atoms with Crippen LogP contribution in [-0.4, -0.2) is 48.9 Å². The number of pyridine rings is 1. The van der Waals surface area contributed by atoms with Crippen LogP contribution in [0, 0.1) is 0 Å². The lowest BCUT2D eigenvalue weighted by atomic mass is 10.2. The van der Waals surface area contributed by atoms with Gasteiger partial charge in [-0.25, -0.2) is 9.78 Å². The van der Waals surface area contributed by atoms with E-state index in [-0.39, 0.29) is 24.0 Å². The fraction of sp³-hybridized carbons (Fsp3) is 0.650. The van der Waals surface area contributed by atoms with Crippen molar-refractivity contribution < 1.29 is 14.3 Å². The topological polar surface area (TPSA) is 96.9 Å². The highest BCUT2D eigenvalue weighted by Crippen LogP contribution is 2.22. The zero-order chi connectivity index (χ0) is 20.4. The number of hydrogen-bond acceptors (Lipinski definition) is 5. The average molecular weight is 519 g/mol. The molecule has 9 heteroatoms. The second kappa shape index (κ2) is 12.7. The van der Waals surface area contributed by atoms with Gasteiger partial charge in [0.1, 0.15) is 11.7 Å². The molecule has 1 saturated carbocycles. The van der Waals surface area contributed by atoms with E-state index >= 15 is 0 Å². The van der Waals surface area contributed by atoms with Crippen molar-refractivity contribution in [3.8, 4) is 5.88 Å². The van der Waals surface area contributed by atoms with Gasteiger partial charge in [0.15, 0.2) is 5.96 Å². The Morgan fingerprint density at radius 1 is 1.17 bits per heavy atom. The number of alkyl carbamates (subject to hydrolysis) is 1. The molecule has 1 amide bonds. The van der Waals surface area contributed by atoms with Crippen molar-refractivity contribution in [2.45, 2.75) is 64.7 Å². The van der Waals surface area contributed by atoms with Crippen LogP contribution >= 0.6 is 24.0 Å². The standard InChI is InChI=1S/C20H33N5O3.HI/c1-20(2,3)28-19(26)23-12-11-22-18(21-4)25-14-15-9-10-17(24-13-15)27-16-7-5-6-8-16;/h9-10,13,16H,5-8,11-12,14H2,1-4H3,(H,23,26)(H2,21,22,25);1H. The fourth-order valence-corrected chi connectivity index (χ4v) is 2.83. The fourth-order valence-electron chi connectivity index (χ4n) is 2.83. The second-order valence-electron chi connectivity index (χ2n) is 7.81. The molecule has 0 saturated heterocycles. The molecule has 1 fully saturated rings. The van der Waals surface area contributed by atoms with Gasteiger partial charge >= 0.3 is 6.09 Å². The van der Waals surface area contributed by atoms with Gasteiger partial charge in [-0.1, -0.05) is 6.07 Å². The molecule has 1 aliphatic rings. The van der Waals surface area contributed by atoms with Crippen molar-refractivity contribution in [3.63, 3.8) is 0 Å². The van der Waals surface area contributed by atoms with Crippen molar-refractivity contribution in [3.05, 3.63) is 23.9 Å². The zero-order valence-electron chi connectivity index (χ0n) is 17.8. The molecule has 164 valence electrons. The number of nitrogens with zero attached hydrogens (tertiary/aromatic N) is 2. The maximum Gasteiger partial charge on any atom is 0.407 e. The number of carbonyl (C=O) groups excluding carboxylic acids is 1. The maximum absolute atomic E-state index is 11.6. The first kappa shape index (κ1) is 25.3. The van der Waals surface area contributed by atoms with E-state index < -0.39 is 11.7 Å². The van der Waals surface area contributed by atoms with Crippen LogP contribution in [0.5, 0.6) is 5.88 Å². The van der Waals surface area contributed by atoms with Crippen molar-refractivity contribution in [1.29, 1.82) is 0 Å². The van der Waals surface area contributed by atoms with Gasteiger partial charge in [-0.05, 0) is 52.0 Å². The molecule has 1 aromatic rings. The minimum absolute atomic E-state index is 0. The van der Waals surface area contributed by atoms with E-state index in [1.807, 2.05) is 39.1 Å². The summed E-state index contributed by atoms with van der Waals surface area (Å²) in [5, 5.41) is 9.06. The molecule has 0 radical (unpaired) electrons. The van der Waals surface area contributed by atoms with E-state index in [2.05, 4.69) is 25.9 Å². The van der Waals surface area contributed by atoms with Gasteiger partial charge in [0.2, 0.25) is 5.88 Å². The molecule has 8 nitrogen and oxygen atoms in total. The van der Waals surface area contributed by atoms with Crippen LogP contribution in [0.3, 0.4) is 0 Å². The number of aliphatic imine (C=N–C) groups is 1. The predicted octanol–water partition coefficient (Wildman–Crippen LogP) is 3.21. The first-order chi connectivity index (χ1) is 13.4. The third-order valence-electron chi connectivity index (χ3n) is 4.16.